The predicted octanol–water partition coefficient (Wildman–Crippen LogP) is 13.1. The Morgan fingerprint density at radius 1 is 0.375 bits per heavy atom. The minimum Gasteiger partial charge on any atom is -0.310 e. The first-order chi connectivity index (χ1) is 23.6. The summed E-state index contributed by atoms with van der Waals surface area (Å²) in [6.45, 7) is 4.74. The van der Waals surface area contributed by atoms with Crippen LogP contribution in [0.5, 0.6) is 0 Å². The summed E-state index contributed by atoms with van der Waals surface area (Å²) in [5.74, 6) is 0. The summed E-state index contributed by atoms with van der Waals surface area (Å²) in [5.41, 5.74) is 16.8. The van der Waals surface area contributed by atoms with Crippen LogP contribution in [0, 0.1) is 0 Å². The van der Waals surface area contributed by atoms with E-state index in [1.165, 1.54) is 77.2 Å². The highest BCUT2D eigenvalue weighted by Crippen LogP contribution is 2.56. The van der Waals surface area contributed by atoms with Gasteiger partial charge in [0, 0.05) is 22.5 Å². The van der Waals surface area contributed by atoms with Gasteiger partial charge in [0.25, 0.3) is 0 Å². The lowest BCUT2D eigenvalue weighted by atomic mass is 9.80. The Bertz CT molecular complexity index is 2540. The molecule has 8 aromatic carbocycles. The molecular weight excluding hydrogens is 579 g/mol. The number of anilines is 3. The zero-order chi connectivity index (χ0) is 32.0. The van der Waals surface area contributed by atoms with Crippen molar-refractivity contribution in [2.24, 2.45) is 0 Å². The van der Waals surface area contributed by atoms with Crippen LogP contribution in [0.3, 0.4) is 0 Å². The van der Waals surface area contributed by atoms with Crippen molar-refractivity contribution in [3.8, 4) is 44.5 Å². The highest BCUT2D eigenvalue weighted by Gasteiger charge is 2.36. The maximum atomic E-state index is 2.48. The van der Waals surface area contributed by atoms with Gasteiger partial charge in [0.1, 0.15) is 0 Å². The Kier molecular flexibility index (Phi) is 5.69. The smallest absolute Gasteiger partial charge is 0.0468 e. The highest BCUT2D eigenvalue weighted by atomic mass is 15.1. The van der Waals surface area contributed by atoms with E-state index in [1.807, 2.05) is 0 Å². The third kappa shape index (κ3) is 3.73. The number of rotatable bonds is 4. The van der Waals surface area contributed by atoms with Crippen molar-refractivity contribution in [3.05, 3.63) is 175 Å². The van der Waals surface area contributed by atoms with Gasteiger partial charge in [-0.15, -0.1) is 0 Å². The Balaban J connectivity index is 1.21. The largest absolute Gasteiger partial charge is 0.310 e. The molecule has 0 fully saturated rings. The number of para-hydroxylation sites is 2. The highest BCUT2D eigenvalue weighted by molar-refractivity contribution is 6.29. The number of hydrogen-bond donors (Lipinski definition) is 0. The van der Waals surface area contributed by atoms with E-state index in [0.29, 0.717) is 0 Å². The Labute approximate surface area is 281 Å². The van der Waals surface area contributed by atoms with Gasteiger partial charge in [-0.25, -0.2) is 0 Å². The van der Waals surface area contributed by atoms with Crippen LogP contribution in [-0.4, -0.2) is 0 Å². The molecule has 0 N–H and O–H groups in total. The van der Waals surface area contributed by atoms with E-state index in [4.69, 9.17) is 0 Å². The summed E-state index contributed by atoms with van der Waals surface area (Å²) >= 11 is 0. The second-order valence-corrected chi connectivity index (χ2v) is 13.7. The molecule has 0 atom stereocenters. The first-order valence-electron chi connectivity index (χ1n) is 16.9. The minimum atomic E-state index is -0.0530. The molecule has 226 valence electrons. The topological polar surface area (TPSA) is 3.24 Å². The first kappa shape index (κ1) is 27.2. The van der Waals surface area contributed by atoms with Crippen LogP contribution >= 0.6 is 0 Å². The average molecular weight is 612 g/mol. The van der Waals surface area contributed by atoms with Crippen molar-refractivity contribution >= 4 is 38.6 Å². The summed E-state index contributed by atoms with van der Waals surface area (Å²) < 4.78 is 0. The third-order valence-electron chi connectivity index (χ3n) is 10.8. The molecule has 1 heteroatoms. The van der Waals surface area contributed by atoms with Crippen molar-refractivity contribution in [3.63, 3.8) is 0 Å². The Hall–Kier alpha value is -5.92. The molecule has 0 aromatic heterocycles. The molecule has 0 aliphatic heterocycles. The molecule has 0 saturated carbocycles. The zero-order valence-electron chi connectivity index (χ0n) is 27.0. The lowest BCUT2D eigenvalue weighted by molar-refractivity contribution is 0.660. The van der Waals surface area contributed by atoms with Crippen LogP contribution in [0.2, 0.25) is 0 Å². The number of hydrogen-bond acceptors (Lipinski definition) is 1. The van der Waals surface area contributed by atoms with Crippen LogP contribution in [0.1, 0.15) is 25.0 Å². The molecule has 0 saturated heterocycles. The van der Waals surface area contributed by atoms with Crippen molar-refractivity contribution in [2.45, 2.75) is 19.3 Å². The van der Waals surface area contributed by atoms with E-state index in [-0.39, 0.29) is 5.41 Å². The fourth-order valence-electron chi connectivity index (χ4n) is 8.62. The molecule has 2 aliphatic carbocycles. The summed E-state index contributed by atoms with van der Waals surface area (Å²) in [6, 6.07) is 60.4. The zero-order valence-corrected chi connectivity index (χ0v) is 27.0. The van der Waals surface area contributed by atoms with Crippen LogP contribution in [0.15, 0.2) is 164 Å². The van der Waals surface area contributed by atoms with Gasteiger partial charge in [-0.2, -0.15) is 0 Å². The van der Waals surface area contributed by atoms with Crippen molar-refractivity contribution in [1.29, 1.82) is 0 Å². The molecule has 2 aliphatic rings. The normalized spacial score (nSPS) is 13.4. The molecule has 0 radical (unpaired) electrons. The van der Waals surface area contributed by atoms with Crippen molar-refractivity contribution in [1.82, 2.24) is 0 Å². The van der Waals surface area contributed by atoms with Gasteiger partial charge in [-0.1, -0.05) is 135 Å². The first-order valence-corrected chi connectivity index (χ1v) is 16.9. The maximum absolute atomic E-state index is 2.48. The molecule has 0 spiro atoms. The summed E-state index contributed by atoms with van der Waals surface area (Å²) in [7, 11) is 0. The van der Waals surface area contributed by atoms with E-state index >= 15 is 0 Å². The molecule has 0 amide bonds. The molecule has 1 nitrogen and oxygen atoms in total. The van der Waals surface area contributed by atoms with Gasteiger partial charge in [0.15, 0.2) is 0 Å². The van der Waals surface area contributed by atoms with Crippen molar-refractivity contribution < 1.29 is 0 Å². The van der Waals surface area contributed by atoms with Crippen LogP contribution in [-0.2, 0) is 5.41 Å². The quantitative estimate of drug-likeness (QED) is 0.179. The van der Waals surface area contributed by atoms with Crippen molar-refractivity contribution in [2.75, 3.05) is 4.90 Å². The number of nitrogens with zero attached hydrogens (tertiary/aromatic N) is 1. The fraction of sp³-hybridized carbons (Fsp3) is 0.0638. The van der Waals surface area contributed by atoms with Crippen LogP contribution < -0.4 is 4.90 Å². The lowest BCUT2D eigenvalue weighted by Crippen LogP contribution is -2.14. The van der Waals surface area contributed by atoms with E-state index in [1.54, 1.807) is 0 Å². The lowest BCUT2D eigenvalue weighted by Gasteiger charge is -2.26. The third-order valence-corrected chi connectivity index (χ3v) is 10.8. The monoisotopic (exact) mass is 611 g/mol. The minimum absolute atomic E-state index is 0.0530. The van der Waals surface area contributed by atoms with Gasteiger partial charge in [-0.3, -0.25) is 0 Å². The van der Waals surface area contributed by atoms with Crippen LogP contribution in [0.4, 0.5) is 17.1 Å². The molecule has 0 bridgehead atoms. The van der Waals surface area contributed by atoms with E-state index in [0.717, 1.165) is 17.1 Å². The Morgan fingerprint density at radius 3 is 1.71 bits per heavy atom. The molecule has 48 heavy (non-hydrogen) atoms. The molecule has 0 unspecified atom stereocenters. The maximum Gasteiger partial charge on any atom is 0.0468 e. The summed E-state index contributed by atoms with van der Waals surface area (Å²) in [4.78, 5) is 2.36. The second-order valence-electron chi connectivity index (χ2n) is 13.7. The van der Waals surface area contributed by atoms with E-state index in [9.17, 15) is 0 Å². The number of benzene rings is 8. The molecule has 10 rings (SSSR count). The second kappa shape index (κ2) is 10.0. The molecule has 0 heterocycles. The average Bonchev–Trinajstić information content (AvgIpc) is 3.59. The molecule has 8 aromatic rings. The summed E-state index contributed by atoms with van der Waals surface area (Å²) in [6.07, 6.45) is 0. The number of fused-ring (bicyclic) bond motifs is 8. The van der Waals surface area contributed by atoms with E-state index < -0.39 is 0 Å². The van der Waals surface area contributed by atoms with E-state index in [2.05, 4.69) is 183 Å². The molecular formula is C47H33N. The van der Waals surface area contributed by atoms with Gasteiger partial charge < -0.3 is 4.90 Å². The van der Waals surface area contributed by atoms with Gasteiger partial charge in [-0.05, 0) is 120 Å². The van der Waals surface area contributed by atoms with Gasteiger partial charge in [0.2, 0.25) is 0 Å². The summed E-state index contributed by atoms with van der Waals surface area (Å²) in [5, 5.41) is 5.28. The fourth-order valence-corrected chi connectivity index (χ4v) is 8.62. The predicted molar refractivity (Wildman–Crippen MR) is 204 cm³/mol. The van der Waals surface area contributed by atoms with Gasteiger partial charge >= 0.3 is 0 Å². The standard InChI is InChI=1S/C47H33N/c1-47(2)42-23-12-11-18-34(42)35-26-24-30(28-43(35)47)44-36-19-9-10-20-37(36)45-39-27-25-33(29-41(39)38-21-13-22-40(44)46(38)45)48(31-14-5-3-6-15-31)32-16-7-4-8-17-32/h3-29H,1-2H3. The SMILES string of the molecule is CC1(C)c2ccccc2-c2ccc(-c3c4ccccc4c4c5c(cccc35)-c3cc(N(c5ccccc5)c5ccccc5)ccc3-4)cc21. The Morgan fingerprint density at radius 2 is 0.958 bits per heavy atom. The van der Waals surface area contributed by atoms with Crippen LogP contribution in [0.25, 0.3) is 66.1 Å². The van der Waals surface area contributed by atoms with Gasteiger partial charge in [0.05, 0.1) is 0 Å².